The van der Waals surface area contributed by atoms with Crippen LogP contribution in [-0.2, 0) is 0 Å². The Kier molecular flexibility index (Phi) is 5.76. The molecular formula is C21H29ClN2O2S. The highest BCUT2D eigenvalue weighted by Gasteiger charge is 2.48. The maximum atomic E-state index is 13.0. The number of rotatable bonds is 4. The number of hydrogen-bond donors (Lipinski definition) is 1. The van der Waals surface area contributed by atoms with Crippen LogP contribution in [0.5, 0.6) is 5.75 Å². The third kappa shape index (κ3) is 3.69. The molecule has 3 saturated heterocycles. The van der Waals surface area contributed by atoms with Crippen LogP contribution in [0.1, 0.15) is 50.2 Å². The van der Waals surface area contributed by atoms with E-state index < -0.39 is 0 Å². The van der Waals surface area contributed by atoms with E-state index >= 15 is 0 Å². The topological polar surface area (TPSA) is 41.6 Å². The summed E-state index contributed by atoms with van der Waals surface area (Å²) in [5.41, 5.74) is 0.0272. The Balaban J connectivity index is 0.00000210. The molecule has 4 heterocycles. The van der Waals surface area contributed by atoms with E-state index in [1.807, 2.05) is 38.1 Å². The Morgan fingerprint density at radius 1 is 1.30 bits per heavy atom. The van der Waals surface area contributed by atoms with Gasteiger partial charge in [-0.05, 0) is 77.1 Å². The highest BCUT2D eigenvalue weighted by molar-refractivity contribution is 7.21. The van der Waals surface area contributed by atoms with E-state index in [-0.39, 0.29) is 36.0 Å². The molecule has 2 aromatic rings. The van der Waals surface area contributed by atoms with Crippen molar-refractivity contribution in [2.75, 3.05) is 13.1 Å². The second kappa shape index (κ2) is 7.61. The predicted octanol–water partition coefficient (Wildman–Crippen LogP) is 4.71. The largest absolute Gasteiger partial charge is 0.490 e. The normalized spacial score (nSPS) is 26.0. The van der Waals surface area contributed by atoms with Gasteiger partial charge in [0.05, 0.1) is 15.7 Å². The molecular weight excluding hydrogens is 380 g/mol. The SMILES string of the molecule is CC(C)Oc1cccc2cc(C(=O)N[C@@H]3C4CCN(CC4)C3(C)C)sc12.Cl. The van der Waals surface area contributed by atoms with Crippen molar-refractivity contribution in [3.63, 3.8) is 0 Å². The molecule has 148 valence electrons. The molecule has 1 N–H and O–H groups in total. The summed E-state index contributed by atoms with van der Waals surface area (Å²) in [4.78, 5) is 16.3. The summed E-state index contributed by atoms with van der Waals surface area (Å²) < 4.78 is 6.97. The van der Waals surface area contributed by atoms with Crippen LogP contribution >= 0.6 is 23.7 Å². The number of ether oxygens (including phenoxy) is 1. The number of nitrogens with one attached hydrogen (secondary N) is 1. The van der Waals surface area contributed by atoms with Gasteiger partial charge in [0.2, 0.25) is 0 Å². The number of benzene rings is 1. The summed E-state index contributed by atoms with van der Waals surface area (Å²) in [6.45, 7) is 10.9. The van der Waals surface area contributed by atoms with Crippen LogP contribution in [0.25, 0.3) is 10.1 Å². The van der Waals surface area contributed by atoms with Crippen LogP contribution in [0.2, 0.25) is 0 Å². The van der Waals surface area contributed by atoms with Crippen molar-refractivity contribution in [2.24, 2.45) is 5.92 Å². The number of carbonyl (C=O) groups excluding carboxylic acids is 1. The van der Waals surface area contributed by atoms with Crippen molar-refractivity contribution in [2.45, 2.75) is 58.2 Å². The number of piperidine rings is 3. The van der Waals surface area contributed by atoms with E-state index in [0.29, 0.717) is 5.92 Å². The van der Waals surface area contributed by atoms with Crippen molar-refractivity contribution in [1.29, 1.82) is 0 Å². The van der Waals surface area contributed by atoms with Gasteiger partial charge < -0.3 is 10.1 Å². The number of thiophene rings is 1. The molecule has 27 heavy (non-hydrogen) atoms. The Hall–Kier alpha value is -1.30. The quantitative estimate of drug-likeness (QED) is 0.796. The average Bonchev–Trinajstić information content (AvgIpc) is 3.03. The van der Waals surface area contributed by atoms with Crippen LogP contribution in [-0.4, -0.2) is 41.6 Å². The molecule has 6 heteroatoms. The van der Waals surface area contributed by atoms with Crippen LogP contribution in [0.15, 0.2) is 24.3 Å². The molecule has 1 aromatic heterocycles. The second-order valence-corrected chi connectivity index (χ2v) is 9.43. The lowest BCUT2D eigenvalue weighted by molar-refractivity contribution is -0.0377. The molecule has 3 fully saturated rings. The summed E-state index contributed by atoms with van der Waals surface area (Å²) in [5, 5.41) is 4.44. The fraction of sp³-hybridized carbons (Fsp3) is 0.571. The van der Waals surface area contributed by atoms with Gasteiger partial charge in [0.1, 0.15) is 5.75 Å². The smallest absolute Gasteiger partial charge is 0.261 e. The van der Waals surface area contributed by atoms with E-state index in [9.17, 15) is 4.79 Å². The molecule has 0 unspecified atom stereocenters. The number of nitrogens with zero attached hydrogens (tertiary/aromatic N) is 1. The first-order valence-corrected chi connectivity index (χ1v) is 10.4. The summed E-state index contributed by atoms with van der Waals surface area (Å²) in [6.07, 6.45) is 2.49. The molecule has 0 radical (unpaired) electrons. The van der Waals surface area contributed by atoms with E-state index in [4.69, 9.17) is 4.74 Å². The Morgan fingerprint density at radius 3 is 2.63 bits per heavy atom. The van der Waals surface area contributed by atoms with Gasteiger partial charge in [-0.2, -0.15) is 0 Å². The van der Waals surface area contributed by atoms with Gasteiger partial charge in [-0.1, -0.05) is 12.1 Å². The number of carbonyl (C=O) groups is 1. The standard InChI is InChI=1S/C21H28N2O2S.ClH/c1-13(2)25-16-7-5-6-15-12-17(26-18(15)16)20(24)22-19-14-8-10-23(11-9-14)21(19,3)4;/h5-7,12-14,19H,8-11H2,1-4H3,(H,22,24);1H/t19-;/m1./s1. The van der Waals surface area contributed by atoms with Crippen molar-refractivity contribution in [3.05, 3.63) is 29.1 Å². The highest BCUT2D eigenvalue weighted by atomic mass is 35.5. The van der Waals surface area contributed by atoms with Crippen LogP contribution < -0.4 is 10.1 Å². The number of amides is 1. The minimum absolute atomic E-state index is 0. The van der Waals surface area contributed by atoms with Crippen LogP contribution in [0.4, 0.5) is 0 Å². The second-order valence-electron chi connectivity index (χ2n) is 8.38. The monoisotopic (exact) mass is 408 g/mol. The van der Waals surface area contributed by atoms with Gasteiger partial charge >= 0.3 is 0 Å². The third-order valence-electron chi connectivity index (χ3n) is 5.97. The highest BCUT2D eigenvalue weighted by Crippen LogP contribution is 2.40. The lowest BCUT2D eigenvalue weighted by Crippen LogP contribution is -2.69. The molecule has 0 aliphatic carbocycles. The molecule has 1 aromatic carbocycles. The third-order valence-corrected chi connectivity index (χ3v) is 7.13. The van der Waals surface area contributed by atoms with Gasteiger partial charge in [-0.25, -0.2) is 0 Å². The zero-order valence-corrected chi connectivity index (χ0v) is 18.1. The Labute approximate surface area is 171 Å². The summed E-state index contributed by atoms with van der Waals surface area (Å²) in [6, 6.07) is 8.24. The minimum atomic E-state index is 0. The average molecular weight is 409 g/mol. The van der Waals surface area contributed by atoms with Gasteiger partial charge in [0.25, 0.3) is 5.91 Å². The maximum absolute atomic E-state index is 13.0. The lowest BCUT2D eigenvalue weighted by atomic mass is 9.72. The zero-order valence-electron chi connectivity index (χ0n) is 16.5. The van der Waals surface area contributed by atoms with Gasteiger partial charge in [0, 0.05) is 11.6 Å². The number of halogens is 1. The lowest BCUT2D eigenvalue weighted by Gasteiger charge is -2.56. The van der Waals surface area contributed by atoms with E-state index in [1.54, 1.807) is 0 Å². The van der Waals surface area contributed by atoms with Crippen molar-refractivity contribution >= 4 is 39.7 Å². The van der Waals surface area contributed by atoms with E-state index in [1.165, 1.54) is 24.2 Å². The Morgan fingerprint density at radius 2 is 2.00 bits per heavy atom. The number of fused-ring (bicyclic) bond motifs is 4. The summed E-state index contributed by atoms with van der Waals surface area (Å²) >= 11 is 1.53. The molecule has 3 aliphatic heterocycles. The first-order chi connectivity index (χ1) is 12.4. The van der Waals surface area contributed by atoms with Crippen molar-refractivity contribution in [1.82, 2.24) is 10.2 Å². The molecule has 0 spiro atoms. The molecule has 0 saturated carbocycles. The van der Waals surface area contributed by atoms with Crippen LogP contribution in [0, 0.1) is 5.92 Å². The molecule has 1 atom stereocenters. The molecule has 3 aliphatic rings. The van der Waals surface area contributed by atoms with Crippen molar-refractivity contribution in [3.8, 4) is 5.75 Å². The zero-order chi connectivity index (χ0) is 18.5. The first-order valence-electron chi connectivity index (χ1n) is 9.61. The summed E-state index contributed by atoms with van der Waals surface area (Å²) in [5.74, 6) is 1.51. The predicted molar refractivity (Wildman–Crippen MR) is 114 cm³/mol. The van der Waals surface area contributed by atoms with Gasteiger partial charge in [0.15, 0.2) is 0 Å². The number of hydrogen-bond acceptors (Lipinski definition) is 4. The Bertz CT molecular complexity index is 825. The van der Waals surface area contributed by atoms with Crippen LogP contribution in [0.3, 0.4) is 0 Å². The molecule has 4 nitrogen and oxygen atoms in total. The molecule has 1 amide bonds. The van der Waals surface area contributed by atoms with Gasteiger partial charge in [-0.3, -0.25) is 9.69 Å². The maximum Gasteiger partial charge on any atom is 0.261 e. The fourth-order valence-electron chi connectivity index (χ4n) is 4.58. The summed E-state index contributed by atoms with van der Waals surface area (Å²) in [7, 11) is 0. The van der Waals surface area contributed by atoms with E-state index in [2.05, 4.69) is 24.1 Å². The fourth-order valence-corrected chi connectivity index (χ4v) is 5.60. The van der Waals surface area contributed by atoms with E-state index in [0.717, 1.165) is 33.8 Å². The molecule has 5 rings (SSSR count). The van der Waals surface area contributed by atoms with Gasteiger partial charge in [-0.15, -0.1) is 23.7 Å². The van der Waals surface area contributed by atoms with Crippen molar-refractivity contribution < 1.29 is 9.53 Å². The first kappa shape index (κ1) is 20.4. The minimum Gasteiger partial charge on any atom is -0.490 e. The molecule has 2 bridgehead atoms.